The average Bonchev–Trinajstić information content (AvgIpc) is 2.89. The molecule has 1 heterocycles. The van der Waals surface area contributed by atoms with Crippen LogP contribution in [-0.4, -0.2) is 24.7 Å². The van der Waals surface area contributed by atoms with E-state index in [1.54, 1.807) is 20.3 Å². The van der Waals surface area contributed by atoms with Crippen molar-refractivity contribution in [3.63, 3.8) is 0 Å². The van der Waals surface area contributed by atoms with Gasteiger partial charge in [-0.3, -0.25) is 4.79 Å². The maximum absolute atomic E-state index is 12.5. The van der Waals surface area contributed by atoms with Crippen molar-refractivity contribution in [1.82, 2.24) is 4.57 Å². The first-order chi connectivity index (χ1) is 11.5. The van der Waals surface area contributed by atoms with Gasteiger partial charge in [-0.05, 0) is 34.7 Å². The molecule has 0 aliphatic rings. The highest BCUT2D eigenvalue weighted by Crippen LogP contribution is 2.33. The molecule has 0 N–H and O–H groups in total. The van der Waals surface area contributed by atoms with Crippen LogP contribution in [0.15, 0.2) is 41.4 Å². The first-order valence-corrected chi connectivity index (χ1v) is 9.00. The van der Waals surface area contributed by atoms with Gasteiger partial charge >= 0.3 is 0 Å². The summed E-state index contributed by atoms with van der Waals surface area (Å²) in [5.41, 5.74) is 1.54. The summed E-state index contributed by atoms with van der Waals surface area (Å²) in [6.07, 6.45) is 0. The van der Waals surface area contributed by atoms with Crippen LogP contribution in [0.25, 0.3) is 10.2 Å². The van der Waals surface area contributed by atoms with Crippen molar-refractivity contribution >= 4 is 50.1 Å². The molecule has 1 amide bonds. The lowest BCUT2D eigenvalue weighted by atomic mass is 10.2. The Labute approximate surface area is 156 Å². The molecule has 0 bridgehead atoms. The van der Waals surface area contributed by atoms with E-state index in [0.717, 1.165) is 13.8 Å². The number of ether oxygens (including phenoxy) is 2. The minimum Gasteiger partial charge on any atom is -0.493 e. The molecule has 0 aliphatic heterocycles. The van der Waals surface area contributed by atoms with Crippen LogP contribution >= 0.6 is 33.9 Å². The fourth-order valence-electron chi connectivity index (χ4n) is 2.34. The van der Waals surface area contributed by atoms with Crippen molar-refractivity contribution in [2.24, 2.45) is 12.0 Å². The topological polar surface area (TPSA) is 52.8 Å². The molecule has 0 atom stereocenters. The minimum absolute atomic E-state index is 0.249. The van der Waals surface area contributed by atoms with Crippen LogP contribution in [0.3, 0.4) is 0 Å². The Kier molecular flexibility index (Phi) is 4.91. The van der Waals surface area contributed by atoms with Crippen molar-refractivity contribution in [3.05, 3.63) is 50.3 Å². The maximum atomic E-state index is 12.5. The van der Waals surface area contributed by atoms with Gasteiger partial charge in [-0.1, -0.05) is 23.5 Å². The summed E-state index contributed by atoms with van der Waals surface area (Å²) in [7, 11) is 5.08. The van der Waals surface area contributed by atoms with Crippen molar-refractivity contribution in [1.29, 1.82) is 0 Å². The summed E-state index contributed by atoms with van der Waals surface area (Å²) in [6.45, 7) is 0. The molecule has 0 saturated heterocycles. The fourth-order valence-corrected chi connectivity index (χ4v) is 3.99. The van der Waals surface area contributed by atoms with E-state index in [-0.39, 0.29) is 5.91 Å². The van der Waals surface area contributed by atoms with Gasteiger partial charge in [-0.15, -0.1) is 0 Å². The molecule has 3 aromatic rings. The lowest BCUT2D eigenvalue weighted by Gasteiger charge is -2.07. The molecule has 2 aromatic carbocycles. The van der Waals surface area contributed by atoms with Gasteiger partial charge in [0.25, 0.3) is 5.91 Å². The van der Waals surface area contributed by atoms with Gasteiger partial charge in [0, 0.05) is 22.8 Å². The molecular formula is C17H15IN2O3S. The highest BCUT2D eigenvalue weighted by molar-refractivity contribution is 14.1. The third-order valence-corrected chi connectivity index (χ3v) is 5.65. The molecular weight excluding hydrogens is 439 g/mol. The lowest BCUT2D eigenvalue weighted by Crippen LogP contribution is -2.13. The van der Waals surface area contributed by atoms with Gasteiger partial charge in [-0.2, -0.15) is 4.99 Å². The number of halogens is 1. The minimum atomic E-state index is -0.249. The Bertz CT molecular complexity index is 991. The number of nitrogens with zero attached hydrogens (tertiary/aromatic N) is 2. The predicted molar refractivity (Wildman–Crippen MR) is 103 cm³/mol. The SMILES string of the molecule is COc1cc2sc(=NC(=O)c3ccccc3I)n(C)c2cc1OC. The Morgan fingerprint density at radius 1 is 1.17 bits per heavy atom. The van der Waals surface area contributed by atoms with Gasteiger partial charge in [0.1, 0.15) is 0 Å². The fraction of sp³-hybridized carbons (Fsp3) is 0.176. The van der Waals surface area contributed by atoms with E-state index in [2.05, 4.69) is 27.6 Å². The second-order valence-electron chi connectivity index (χ2n) is 5.02. The number of fused-ring (bicyclic) bond motifs is 1. The van der Waals surface area contributed by atoms with Crippen LogP contribution in [0.5, 0.6) is 11.5 Å². The zero-order valence-electron chi connectivity index (χ0n) is 13.4. The van der Waals surface area contributed by atoms with E-state index >= 15 is 0 Å². The lowest BCUT2D eigenvalue weighted by molar-refractivity contribution is 0.0997. The van der Waals surface area contributed by atoms with E-state index in [4.69, 9.17) is 9.47 Å². The number of carbonyl (C=O) groups excluding carboxylic acids is 1. The highest BCUT2D eigenvalue weighted by Gasteiger charge is 2.12. The van der Waals surface area contributed by atoms with Crippen LogP contribution in [0, 0.1) is 3.57 Å². The average molecular weight is 454 g/mol. The van der Waals surface area contributed by atoms with E-state index in [9.17, 15) is 4.79 Å². The zero-order valence-corrected chi connectivity index (χ0v) is 16.3. The molecule has 0 spiro atoms. The number of thiazole rings is 1. The molecule has 3 rings (SSSR count). The molecule has 7 heteroatoms. The molecule has 0 unspecified atom stereocenters. The summed E-state index contributed by atoms with van der Waals surface area (Å²) in [5, 5.41) is 0. The van der Waals surface area contributed by atoms with Gasteiger partial charge in [-0.25, -0.2) is 0 Å². The van der Waals surface area contributed by atoms with E-state index in [1.165, 1.54) is 11.3 Å². The van der Waals surface area contributed by atoms with Crippen LogP contribution in [0.1, 0.15) is 10.4 Å². The molecule has 0 radical (unpaired) electrons. The maximum Gasteiger partial charge on any atom is 0.280 e. The van der Waals surface area contributed by atoms with Gasteiger partial charge in [0.15, 0.2) is 16.3 Å². The number of methoxy groups -OCH3 is 2. The number of aromatic nitrogens is 1. The largest absolute Gasteiger partial charge is 0.493 e. The standard InChI is InChI=1S/C17H15IN2O3S/c1-20-12-8-13(22-2)14(23-3)9-15(12)24-17(20)19-16(21)10-6-4-5-7-11(10)18/h4-9H,1-3H3. The number of amides is 1. The van der Waals surface area contributed by atoms with Crippen LogP contribution in [-0.2, 0) is 7.05 Å². The number of carbonyl (C=O) groups is 1. The first-order valence-electron chi connectivity index (χ1n) is 7.10. The number of rotatable bonds is 3. The number of aryl methyl sites for hydroxylation is 1. The van der Waals surface area contributed by atoms with Crippen molar-refractivity contribution < 1.29 is 14.3 Å². The molecule has 1 aromatic heterocycles. The predicted octanol–water partition coefficient (Wildman–Crippen LogP) is 3.60. The Hall–Kier alpha value is -1.87. The molecule has 0 aliphatic carbocycles. The third kappa shape index (κ3) is 3.05. The van der Waals surface area contributed by atoms with Gasteiger partial charge < -0.3 is 14.0 Å². The second-order valence-corrected chi connectivity index (χ2v) is 7.19. The summed E-state index contributed by atoms with van der Waals surface area (Å²) >= 11 is 3.58. The van der Waals surface area contributed by atoms with Crippen LogP contribution < -0.4 is 14.3 Å². The summed E-state index contributed by atoms with van der Waals surface area (Å²) < 4.78 is 14.4. The van der Waals surface area contributed by atoms with Crippen LogP contribution in [0.4, 0.5) is 0 Å². The quantitative estimate of drug-likeness (QED) is 0.569. The summed E-state index contributed by atoms with van der Waals surface area (Å²) in [4.78, 5) is 17.4. The van der Waals surface area contributed by atoms with Gasteiger partial charge in [0.05, 0.1) is 30.0 Å². The summed E-state index contributed by atoms with van der Waals surface area (Å²) in [6, 6.07) is 11.2. The summed E-state index contributed by atoms with van der Waals surface area (Å²) in [5.74, 6) is 1.05. The van der Waals surface area contributed by atoms with Crippen molar-refractivity contribution in [2.45, 2.75) is 0 Å². The van der Waals surface area contributed by atoms with E-state index in [1.807, 2.05) is 41.9 Å². The highest BCUT2D eigenvalue weighted by atomic mass is 127. The Balaban J connectivity index is 2.15. The van der Waals surface area contributed by atoms with E-state index < -0.39 is 0 Å². The van der Waals surface area contributed by atoms with E-state index in [0.29, 0.717) is 21.9 Å². The number of hydrogen-bond acceptors (Lipinski definition) is 4. The molecule has 0 fully saturated rings. The molecule has 0 saturated carbocycles. The number of benzene rings is 2. The molecule has 5 nitrogen and oxygen atoms in total. The number of hydrogen-bond donors (Lipinski definition) is 0. The van der Waals surface area contributed by atoms with Crippen molar-refractivity contribution in [2.75, 3.05) is 14.2 Å². The molecule has 124 valence electrons. The smallest absolute Gasteiger partial charge is 0.280 e. The first kappa shape index (κ1) is 17.0. The Morgan fingerprint density at radius 2 is 1.83 bits per heavy atom. The zero-order chi connectivity index (χ0) is 17.3. The second kappa shape index (κ2) is 6.94. The van der Waals surface area contributed by atoms with Crippen LogP contribution in [0.2, 0.25) is 0 Å². The third-order valence-electron chi connectivity index (χ3n) is 3.62. The van der Waals surface area contributed by atoms with Crippen molar-refractivity contribution in [3.8, 4) is 11.5 Å². The Morgan fingerprint density at radius 3 is 2.50 bits per heavy atom. The normalized spacial score (nSPS) is 11.8. The molecule has 24 heavy (non-hydrogen) atoms. The monoisotopic (exact) mass is 454 g/mol. The van der Waals surface area contributed by atoms with Gasteiger partial charge in [0.2, 0.25) is 0 Å².